The molecule has 8 nitrogen and oxygen atoms in total. The summed E-state index contributed by atoms with van der Waals surface area (Å²) in [5.41, 5.74) is 4.06. The molecule has 2 unspecified atom stereocenters. The topological polar surface area (TPSA) is 114 Å². The van der Waals surface area contributed by atoms with Crippen molar-refractivity contribution in [1.29, 1.82) is 0 Å². The van der Waals surface area contributed by atoms with Gasteiger partial charge in [0, 0.05) is 25.5 Å². The highest BCUT2D eigenvalue weighted by Gasteiger charge is 2.30. The number of hydrogen-bond acceptors (Lipinski definition) is 5. The zero-order valence-electron chi connectivity index (χ0n) is 19.2. The Balaban J connectivity index is 1.61. The van der Waals surface area contributed by atoms with Gasteiger partial charge in [-0.3, -0.25) is 9.59 Å². The Hall–Kier alpha value is -3.53. The lowest BCUT2D eigenvalue weighted by Crippen LogP contribution is -2.49. The Morgan fingerprint density at radius 3 is 2.17 bits per heavy atom. The summed E-state index contributed by atoms with van der Waals surface area (Å²) in [5.74, 6) is -2.23. The van der Waals surface area contributed by atoms with Crippen LogP contribution in [0.2, 0.25) is 0 Å². The first kappa shape index (κ1) is 26.1. The van der Waals surface area contributed by atoms with Crippen LogP contribution in [0.4, 0.5) is 13.6 Å². The molecule has 10 heteroatoms. The number of alkyl carbamates (subject to hydrolysis) is 1. The van der Waals surface area contributed by atoms with Crippen molar-refractivity contribution < 1.29 is 37.7 Å². The predicted octanol–water partition coefficient (Wildman–Crippen LogP) is 3.54. The van der Waals surface area contributed by atoms with Crippen LogP contribution in [-0.2, 0) is 19.1 Å². The van der Waals surface area contributed by atoms with Crippen molar-refractivity contribution in [1.82, 2.24) is 10.6 Å². The minimum atomic E-state index is -2.86. The maximum absolute atomic E-state index is 13.1. The summed E-state index contributed by atoms with van der Waals surface area (Å²) in [6.07, 6.45) is -5.98. The van der Waals surface area contributed by atoms with E-state index in [0.717, 1.165) is 22.3 Å². The summed E-state index contributed by atoms with van der Waals surface area (Å²) in [5, 5.41) is 13.5. The minimum absolute atomic E-state index is 0.0338. The van der Waals surface area contributed by atoms with Gasteiger partial charge in [0.15, 0.2) is 0 Å². The maximum Gasteiger partial charge on any atom is 0.407 e. The van der Waals surface area contributed by atoms with Gasteiger partial charge in [0.05, 0.1) is 12.5 Å². The van der Waals surface area contributed by atoms with E-state index in [2.05, 4.69) is 10.6 Å². The lowest BCUT2D eigenvalue weighted by molar-refractivity contribution is -0.140. The van der Waals surface area contributed by atoms with Crippen LogP contribution in [-0.4, -0.2) is 61.4 Å². The number of carboxylic acid groups (broad SMARTS) is 1. The largest absolute Gasteiger partial charge is 0.481 e. The summed E-state index contributed by atoms with van der Waals surface area (Å²) in [4.78, 5) is 35.8. The fraction of sp³-hybridized carbons (Fsp3) is 0.400. The number of ether oxygens (including phenoxy) is 2. The van der Waals surface area contributed by atoms with Gasteiger partial charge >= 0.3 is 12.1 Å². The third-order valence-electron chi connectivity index (χ3n) is 5.67. The highest BCUT2D eigenvalue weighted by Crippen LogP contribution is 2.44. The van der Waals surface area contributed by atoms with Crippen LogP contribution >= 0.6 is 0 Å². The number of carboxylic acids is 1. The number of nitrogens with one attached hydrogen (secondary N) is 2. The molecule has 0 spiro atoms. The van der Waals surface area contributed by atoms with E-state index in [1.807, 2.05) is 48.5 Å². The van der Waals surface area contributed by atoms with Crippen molar-refractivity contribution in [3.63, 3.8) is 0 Å². The molecule has 2 amide bonds. The predicted molar refractivity (Wildman–Crippen MR) is 123 cm³/mol. The van der Waals surface area contributed by atoms with Gasteiger partial charge in [-0.1, -0.05) is 48.5 Å². The summed E-state index contributed by atoms with van der Waals surface area (Å²) in [7, 11) is 0. The molecule has 2 aromatic rings. The molecule has 3 rings (SSSR count). The number of carbonyl (C=O) groups is 3. The van der Waals surface area contributed by atoms with Crippen LogP contribution < -0.4 is 10.6 Å². The molecule has 0 bridgehead atoms. The molecule has 0 heterocycles. The second kappa shape index (κ2) is 12.3. The SMILES string of the molecule is CCOC(CNC(=O)C(CC(F)F)NC(=O)OCC1c2ccccc2-c2ccccc21)CC(=O)O. The lowest BCUT2D eigenvalue weighted by Gasteiger charge is -2.21. The first-order valence-electron chi connectivity index (χ1n) is 11.3. The highest BCUT2D eigenvalue weighted by molar-refractivity contribution is 5.86. The highest BCUT2D eigenvalue weighted by atomic mass is 19.3. The number of hydrogen-bond donors (Lipinski definition) is 3. The van der Waals surface area contributed by atoms with E-state index < -0.39 is 43.0 Å². The molecule has 35 heavy (non-hydrogen) atoms. The maximum atomic E-state index is 13.1. The van der Waals surface area contributed by atoms with E-state index in [9.17, 15) is 23.2 Å². The molecule has 188 valence electrons. The second-order valence-electron chi connectivity index (χ2n) is 8.07. The monoisotopic (exact) mass is 490 g/mol. The average molecular weight is 491 g/mol. The fourth-order valence-electron chi connectivity index (χ4n) is 4.15. The summed E-state index contributed by atoms with van der Waals surface area (Å²) in [6, 6.07) is 13.9. The summed E-state index contributed by atoms with van der Waals surface area (Å²) in [6.45, 7) is 1.64. The molecule has 2 aromatic carbocycles. The van der Waals surface area contributed by atoms with Crippen LogP contribution in [0.5, 0.6) is 0 Å². The Kier molecular flexibility index (Phi) is 9.13. The van der Waals surface area contributed by atoms with E-state index in [1.165, 1.54) is 0 Å². The van der Waals surface area contributed by atoms with E-state index >= 15 is 0 Å². The number of aliphatic carboxylic acids is 1. The van der Waals surface area contributed by atoms with Crippen molar-refractivity contribution in [2.45, 2.75) is 44.3 Å². The number of rotatable bonds is 12. The van der Waals surface area contributed by atoms with Gasteiger partial charge in [-0.15, -0.1) is 0 Å². The van der Waals surface area contributed by atoms with E-state index in [0.29, 0.717) is 0 Å². The van der Waals surface area contributed by atoms with Gasteiger partial charge in [-0.05, 0) is 29.2 Å². The molecule has 2 atom stereocenters. The van der Waals surface area contributed by atoms with Crippen molar-refractivity contribution in [3.8, 4) is 11.1 Å². The number of amides is 2. The minimum Gasteiger partial charge on any atom is -0.481 e. The average Bonchev–Trinajstić information content (AvgIpc) is 3.14. The zero-order chi connectivity index (χ0) is 25.4. The Labute approximate surface area is 201 Å². The van der Waals surface area contributed by atoms with Crippen LogP contribution in [0.3, 0.4) is 0 Å². The zero-order valence-corrected chi connectivity index (χ0v) is 19.2. The second-order valence-corrected chi connectivity index (χ2v) is 8.07. The number of alkyl halides is 2. The molecule has 0 fully saturated rings. The van der Waals surface area contributed by atoms with Gasteiger partial charge in [0.25, 0.3) is 0 Å². The first-order valence-corrected chi connectivity index (χ1v) is 11.3. The number of carbonyl (C=O) groups excluding carboxylic acids is 2. The van der Waals surface area contributed by atoms with Crippen molar-refractivity contribution >= 4 is 18.0 Å². The lowest BCUT2D eigenvalue weighted by atomic mass is 9.98. The third kappa shape index (κ3) is 6.98. The van der Waals surface area contributed by atoms with Crippen LogP contribution in [0.25, 0.3) is 11.1 Å². The normalized spacial score (nSPS) is 14.1. The number of fused-ring (bicyclic) bond motifs is 3. The molecule has 0 radical (unpaired) electrons. The molecule has 1 aliphatic carbocycles. The Morgan fingerprint density at radius 2 is 1.63 bits per heavy atom. The quantitative estimate of drug-likeness (QED) is 0.419. The van der Waals surface area contributed by atoms with E-state index in [-0.39, 0.29) is 32.1 Å². The molecule has 0 saturated heterocycles. The summed E-state index contributed by atoms with van der Waals surface area (Å²) >= 11 is 0. The molecule has 0 aliphatic heterocycles. The number of halogens is 2. The van der Waals surface area contributed by atoms with Gasteiger partial charge in [-0.25, -0.2) is 13.6 Å². The number of benzene rings is 2. The molecule has 3 N–H and O–H groups in total. The first-order chi connectivity index (χ1) is 16.8. The Morgan fingerprint density at radius 1 is 1.03 bits per heavy atom. The fourth-order valence-corrected chi connectivity index (χ4v) is 4.15. The molecular weight excluding hydrogens is 462 g/mol. The van der Waals surface area contributed by atoms with Crippen molar-refractivity contribution in [3.05, 3.63) is 59.7 Å². The van der Waals surface area contributed by atoms with Crippen LogP contribution in [0, 0.1) is 0 Å². The Bertz CT molecular complexity index is 1000. The third-order valence-corrected chi connectivity index (χ3v) is 5.67. The van der Waals surface area contributed by atoms with Gasteiger partial charge < -0.3 is 25.2 Å². The van der Waals surface area contributed by atoms with Gasteiger partial charge in [-0.2, -0.15) is 0 Å². The molecule has 0 aromatic heterocycles. The van der Waals surface area contributed by atoms with Crippen molar-refractivity contribution in [2.75, 3.05) is 19.8 Å². The van der Waals surface area contributed by atoms with Gasteiger partial charge in [0.1, 0.15) is 12.6 Å². The van der Waals surface area contributed by atoms with Crippen LogP contribution in [0.15, 0.2) is 48.5 Å². The summed E-state index contributed by atoms with van der Waals surface area (Å²) < 4.78 is 36.7. The van der Waals surface area contributed by atoms with E-state index in [4.69, 9.17) is 14.6 Å². The molecule has 0 saturated carbocycles. The molecular formula is C25H28F2N2O6. The van der Waals surface area contributed by atoms with Crippen molar-refractivity contribution in [2.24, 2.45) is 0 Å². The van der Waals surface area contributed by atoms with Crippen LogP contribution in [0.1, 0.15) is 36.8 Å². The smallest absolute Gasteiger partial charge is 0.407 e. The van der Waals surface area contributed by atoms with Gasteiger partial charge in [0.2, 0.25) is 12.3 Å². The standard InChI is InChI=1S/C25H28F2N2O6/c1-2-34-15(11-23(30)31)13-28-24(32)21(12-22(26)27)29-25(33)35-14-20-18-9-5-3-7-16(18)17-8-4-6-10-19(17)20/h3-10,15,20-22H,2,11-14H2,1H3,(H,28,32)(H,29,33)(H,30,31). The van der Waals surface area contributed by atoms with E-state index in [1.54, 1.807) is 6.92 Å². The molecule has 1 aliphatic rings.